The Labute approximate surface area is 311 Å². The molecule has 53 heavy (non-hydrogen) atoms. The zero-order chi connectivity index (χ0) is 39.1. The molecule has 0 fully saturated rings. The van der Waals surface area contributed by atoms with E-state index in [0.29, 0.717) is 28.2 Å². The molecule has 0 spiro atoms. The fourth-order valence-corrected chi connectivity index (χ4v) is 5.91. The van der Waals surface area contributed by atoms with Crippen LogP contribution in [0.3, 0.4) is 0 Å². The van der Waals surface area contributed by atoms with Crippen LogP contribution in [0.2, 0.25) is 0 Å². The number of carbonyl (C=O) groups excluding carboxylic acids is 2. The van der Waals surface area contributed by atoms with Gasteiger partial charge in [0.2, 0.25) is 0 Å². The van der Waals surface area contributed by atoms with Crippen molar-refractivity contribution in [3.05, 3.63) is 83.8 Å². The summed E-state index contributed by atoms with van der Waals surface area (Å²) in [5.74, 6) is -0.630. The Morgan fingerprint density at radius 3 is 1.96 bits per heavy atom. The number of nitrogens with zero attached hydrogens (tertiary/aromatic N) is 4. The lowest BCUT2D eigenvalue weighted by Crippen LogP contribution is -2.44. The molecule has 0 bridgehead atoms. The molecule has 1 aromatic heterocycles. The molecule has 286 valence electrons. The van der Waals surface area contributed by atoms with Gasteiger partial charge in [0.05, 0.1) is 27.0 Å². The van der Waals surface area contributed by atoms with E-state index in [9.17, 15) is 14.0 Å². The van der Waals surface area contributed by atoms with Gasteiger partial charge < -0.3 is 28.6 Å². The van der Waals surface area contributed by atoms with E-state index >= 15 is 8.78 Å². The third-order valence-electron chi connectivity index (χ3n) is 7.38. The molecule has 0 aliphatic carbocycles. The van der Waals surface area contributed by atoms with Gasteiger partial charge in [0.15, 0.2) is 16.7 Å². The second-order valence-electron chi connectivity index (χ2n) is 13.8. The van der Waals surface area contributed by atoms with Gasteiger partial charge >= 0.3 is 12.2 Å². The second kappa shape index (κ2) is 17.2. The summed E-state index contributed by atoms with van der Waals surface area (Å²) < 4.78 is 73.5. The number of carbonyl (C=O) groups is 2. The highest BCUT2D eigenvalue weighted by Crippen LogP contribution is 2.37. The Morgan fingerprint density at radius 1 is 0.830 bits per heavy atom. The lowest BCUT2D eigenvalue weighted by atomic mass is 10.2. The van der Waals surface area contributed by atoms with Gasteiger partial charge in [0, 0.05) is 54.5 Å². The van der Waals surface area contributed by atoms with Crippen LogP contribution in [0, 0.1) is 17.5 Å². The van der Waals surface area contributed by atoms with E-state index in [1.54, 1.807) is 83.7 Å². The van der Waals surface area contributed by atoms with Crippen molar-refractivity contribution in [2.75, 3.05) is 39.3 Å². The molecule has 0 radical (unpaired) electrons. The predicted octanol–water partition coefficient (Wildman–Crippen LogP) is 9.31. The number of anilines is 2. The largest absolute Gasteiger partial charge is 0.493 e. The van der Waals surface area contributed by atoms with E-state index in [0.717, 1.165) is 34.5 Å². The van der Waals surface area contributed by atoms with Crippen LogP contribution in [-0.4, -0.2) is 72.3 Å². The molecule has 0 aliphatic heterocycles. The number of thioether (sulfide) groups is 1. The number of halogens is 3. The molecule has 2 amide bonds. The van der Waals surface area contributed by atoms with E-state index in [1.807, 2.05) is 18.0 Å². The number of ether oxygens (including phenoxy) is 5. The highest BCUT2D eigenvalue weighted by atomic mass is 32.2. The Bertz CT molecular complexity index is 1840. The quantitative estimate of drug-likeness (QED) is 0.0968. The molecule has 11 nitrogen and oxygen atoms in total. The number of benzene rings is 3. The minimum absolute atomic E-state index is 0.0681. The molecule has 0 aliphatic rings. The van der Waals surface area contributed by atoms with E-state index in [1.165, 1.54) is 19.2 Å². The number of imide groups is 1. The topological polar surface area (TPSA) is 105 Å². The van der Waals surface area contributed by atoms with Gasteiger partial charge in [0.25, 0.3) is 0 Å². The van der Waals surface area contributed by atoms with Gasteiger partial charge in [-0.15, -0.1) is 0 Å². The molecule has 4 aromatic rings. The smallest absolute Gasteiger partial charge is 0.419 e. The Morgan fingerprint density at radius 2 is 1.42 bits per heavy atom. The van der Waals surface area contributed by atoms with Crippen molar-refractivity contribution >= 4 is 35.5 Å². The van der Waals surface area contributed by atoms with Crippen LogP contribution in [-0.2, 0) is 15.2 Å². The molecule has 1 heterocycles. The highest BCUT2D eigenvalue weighted by Gasteiger charge is 2.31. The summed E-state index contributed by atoms with van der Waals surface area (Å²) in [7, 11) is 4.89. The average molecular weight is 759 g/mol. The number of imidazole rings is 1. The molecule has 0 atom stereocenters. The van der Waals surface area contributed by atoms with Crippen LogP contribution in [0.5, 0.6) is 17.2 Å². The predicted molar refractivity (Wildman–Crippen MR) is 196 cm³/mol. The number of methoxy groups -OCH3 is 2. The Hall–Kier alpha value is -5.05. The summed E-state index contributed by atoms with van der Waals surface area (Å²) >= 11 is 1.09. The van der Waals surface area contributed by atoms with Gasteiger partial charge in [0.1, 0.15) is 40.2 Å². The molecule has 15 heteroatoms. The summed E-state index contributed by atoms with van der Waals surface area (Å²) in [5, 5.41) is 0.401. The number of aromatic nitrogens is 2. The third kappa shape index (κ3) is 11.0. The summed E-state index contributed by atoms with van der Waals surface area (Å²) in [6.45, 7) is 9.84. The van der Waals surface area contributed by atoms with Crippen LogP contribution in [0.1, 0.15) is 53.5 Å². The molecular weight excluding hydrogens is 714 g/mol. The first-order chi connectivity index (χ1) is 24.9. The van der Waals surface area contributed by atoms with Gasteiger partial charge in [-0.3, -0.25) is 4.57 Å². The Kier molecular flexibility index (Phi) is 13.2. The first-order valence-electron chi connectivity index (χ1n) is 16.7. The zero-order valence-electron chi connectivity index (χ0n) is 31.3. The molecule has 0 saturated carbocycles. The van der Waals surface area contributed by atoms with Crippen LogP contribution in [0.4, 0.5) is 34.3 Å². The summed E-state index contributed by atoms with van der Waals surface area (Å²) in [6, 6.07) is 13.3. The summed E-state index contributed by atoms with van der Waals surface area (Å²) in [5.41, 5.74) is -0.596. The monoisotopic (exact) mass is 758 g/mol. The lowest BCUT2D eigenvalue weighted by Gasteiger charge is -2.28. The maximum atomic E-state index is 15.4. The molecule has 0 unspecified atom stereocenters. The highest BCUT2D eigenvalue weighted by molar-refractivity contribution is 7.98. The molecule has 0 N–H and O–H groups in total. The number of hydrogen-bond donors (Lipinski definition) is 0. The van der Waals surface area contributed by atoms with Crippen molar-refractivity contribution in [2.24, 2.45) is 0 Å². The van der Waals surface area contributed by atoms with Gasteiger partial charge in [-0.1, -0.05) is 11.8 Å². The summed E-state index contributed by atoms with van der Waals surface area (Å²) in [6.07, 6.45) is -0.0273. The number of hydrogen-bond acceptors (Lipinski definition) is 10. The van der Waals surface area contributed by atoms with Crippen LogP contribution in [0.25, 0.3) is 5.69 Å². The SMILES string of the molecule is COc1ccc(N(C)c2cnc(SCc3c(F)cc(OCCCN(C(=O)OC(C)(C)C)C(=O)OC(C)(C)C)cc3F)n2-c2ccc(F)cc2)cc1OC. The van der Waals surface area contributed by atoms with Crippen molar-refractivity contribution in [1.82, 2.24) is 14.5 Å². The minimum Gasteiger partial charge on any atom is -0.493 e. The van der Waals surface area contributed by atoms with Gasteiger partial charge in [-0.25, -0.2) is 32.6 Å². The fraction of sp³-hybridized carbons (Fsp3) is 0.395. The molecule has 0 saturated heterocycles. The minimum atomic E-state index is -0.884. The van der Waals surface area contributed by atoms with Crippen LogP contribution >= 0.6 is 11.8 Å². The number of amides is 2. The fourth-order valence-electron chi connectivity index (χ4n) is 4.91. The summed E-state index contributed by atoms with van der Waals surface area (Å²) in [4.78, 5) is 32.7. The van der Waals surface area contributed by atoms with Gasteiger partial charge in [-0.05, 0) is 84.4 Å². The zero-order valence-corrected chi connectivity index (χ0v) is 32.1. The normalized spacial score (nSPS) is 11.5. The van der Waals surface area contributed by atoms with E-state index < -0.39 is 40.8 Å². The van der Waals surface area contributed by atoms with Crippen molar-refractivity contribution < 1.29 is 46.4 Å². The maximum absolute atomic E-state index is 15.4. The van der Waals surface area contributed by atoms with E-state index in [4.69, 9.17) is 23.7 Å². The third-order valence-corrected chi connectivity index (χ3v) is 8.36. The van der Waals surface area contributed by atoms with Crippen molar-refractivity contribution in [2.45, 2.75) is 70.1 Å². The molecular formula is C38H45F3N4O7S. The lowest BCUT2D eigenvalue weighted by molar-refractivity contribution is 0.000788. The molecule has 4 rings (SSSR count). The van der Waals surface area contributed by atoms with E-state index in [2.05, 4.69) is 4.98 Å². The van der Waals surface area contributed by atoms with Crippen LogP contribution < -0.4 is 19.1 Å². The van der Waals surface area contributed by atoms with Crippen molar-refractivity contribution in [3.8, 4) is 22.9 Å². The standard InChI is InChI=1S/C38H45F3N4O7S/c1-37(2,3)51-35(46)44(36(47)52-38(4,5)6)17-10-18-50-27-20-29(40)28(30(41)21-27)23-53-34-42-22-33(45(34)25-13-11-24(39)12-14-25)43(7)26-15-16-31(48-8)32(19-26)49-9/h11-16,19-22H,10,17-18,23H2,1-9H3. The Balaban J connectivity index is 1.49. The van der Waals surface area contributed by atoms with Crippen LogP contribution in [0.15, 0.2) is 66.0 Å². The van der Waals surface area contributed by atoms with E-state index in [-0.39, 0.29) is 36.6 Å². The number of rotatable bonds is 13. The first-order valence-corrected chi connectivity index (χ1v) is 17.7. The van der Waals surface area contributed by atoms with Crippen molar-refractivity contribution in [3.63, 3.8) is 0 Å². The van der Waals surface area contributed by atoms with Crippen molar-refractivity contribution in [1.29, 1.82) is 0 Å². The average Bonchev–Trinajstić information content (AvgIpc) is 3.49. The molecule has 3 aromatic carbocycles. The second-order valence-corrected chi connectivity index (χ2v) is 14.7. The van der Waals surface area contributed by atoms with Gasteiger partial charge in [-0.2, -0.15) is 0 Å². The first kappa shape index (κ1) is 40.7. The maximum Gasteiger partial charge on any atom is 0.419 e.